The molecule has 1 nitrogen and oxygen atoms in total. The average Bonchev–Trinajstić information content (AvgIpc) is 2.65. The Kier molecular flexibility index (Phi) is 3.26. The van der Waals surface area contributed by atoms with Crippen LogP contribution in [0.3, 0.4) is 0 Å². The van der Waals surface area contributed by atoms with Crippen LogP contribution in [0, 0.1) is 6.92 Å². The zero-order valence-electron chi connectivity index (χ0n) is 10.5. The summed E-state index contributed by atoms with van der Waals surface area (Å²) in [6.45, 7) is 2.93. The first-order valence-corrected chi connectivity index (χ1v) is 6.89. The summed E-state index contributed by atoms with van der Waals surface area (Å²) in [6.07, 6.45) is 0. The summed E-state index contributed by atoms with van der Waals surface area (Å²) in [4.78, 5) is 0. The highest BCUT2D eigenvalue weighted by molar-refractivity contribution is 6.31. The van der Waals surface area contributed by atoms with E-state index < -0.39 is 0 Å². The second-order valence-corrected chi connectivity index (χ2v) is 5.58. The van der Waals surface area contributed by atoms with Crippen molar-refractivity contribution in [1.82, 2.24) is 4.57 Å². The van der Waals surface area contributed by atoms with Gasteiger partial charge in [0.15, 0.2) is 0 Å². The largest absolute Gasteiger partial charge is 0.340 e. The van der Waals surface area contributed by atoms with E-state index in [1.54, 1.807) is 0 Å². The van der Waals surface area contributed by atoms with Crippen LogP contribution in [-0.2, 0) is 6.54 Å². The van der Waals surface area contributed by atoms with Crippen LogP contribution < -0.4 is 0 Å². The van der Waals surface area contributed by atoms with Crippen molar-refractivity contribution in [2.45, 2.75) is 13.5 Å². The molecule has 0 fully saturated rings. The molecule has 0 saturated carbocycles. The molecule has 1 aromatic heterocycles. The van der Waals surface area contributed by atoms with Crippen LogP contribution in [0.15, 0.2) is 48.5 Å². The van der Waals surface area contributed by atoms with Gasteiger partial charge in [-0.3, -0.25) is 0 Å². The van der Waals surface area contributed by atoms with Gasteiger partial charge in [0.1, 0.15) is 0 Å². The molecular weight excluding hydrogens is 277 g/mol. The van der Waals surface area contributed by atoms with E-state index in [1.807, 2.05) is 30.3 Å². The van der Waals surface area contributed by atoms with Crippen molar-refractivity contribution >= 4 is 34.1 Å². The summed E-state index contributed by atoms with van der Waals surface area (Å²) in [5.74, 6) is 0. The Bertz CT molecular complexity index is 744. The molecule has 0 aliphatic heterocycles. The Hall–Kier alpha value is -1.44. The lowest BCUT2D eigenvalue weighted by molar-refractivity contribution is 0.805. The van der Waals surface area contributed by atoms with E-state index in [4.69, 9.17) is 23.2 Å². The van der Waals surface area contributed by atoms with E-state index in [0.29, 0.717) is 0 Å². The van der Waals surface area contributed by atoms with Gasteiger partial charge in [-0.25, -0.2) is 0 Å². The Morgan fingerprint density at radius 3 is 2.53 bits per heavy atom. The molecule has 0 saturated heterocycles. The predicted octanol–water partition coefficient (Wildman–Crippen LogP) is 5.30. The minimum absolute atomic E-state index is 0.771. The van der Waals surface area contributed by atoms with Crippen molar-refractivity contribution in [2.75, 3.05) is 0 Å². The average molecular weight is 290 g/mol. The van der Waals surface area contributed by atoms with Crippen molar-refractivity contribution in [1.29, 1.82) is 0 Å². The van der Waals surface area contributed by atoms with Crippen LogP contribution in [0.1, 0.15) is 11.3 Å². The van der Waals surface area contributed by atoms with Crippen molar-refractivity contribution in [3.8, 4) is 0 Å². The molecular formula is C16H13Cl2N. The molecule has 3 aromatic rings. The van der Waals surface area contributed by atoms with Crippen molar-refractivity contribution in [2.24, 2.45) is 0 Å². The van der Waals surface area contributed by atoms with Crippen molar-refractivity contribution in [3.05, 3.63) is 69.8 Å². The van der Waals surface area contributed by atoms with E-state index in [9.17, 15) is 0 Å². The molecule has 3 rings (SSSR count). The minimum Gasteiger partial charge on any atom is -0.340 e. The van der Waals surface area contributed by atoms with Gasteiger partial charge in [-0.1, -0.05) is 35.3 Å². The molecule has 2 aromatic carbocycles. The Morgan fingerprint density at radius 1 is 0.947 bits per heavy atom. The normalized spacial score (nSPS) is 11.1. The second-order valence-electron chi connectivity index (χ2n) is 4.70. The smallest absolute Gasteiger partial charge is 0.0486 e. The van der Waals surface area contributed by atoms with E-state index in [0.717, 1.165) is 16.6 Å². The number of halogens is 2. The molecule has 0 amide bonds. The fourth-order valence-corrected chi connectivity index (χ4v) is 2.80. The first-order chi connectivity index (χ1) is 9.13. The summed E-state index contributed by atoms with van der Waals surface area (Å²) in [6, 6.07) is 16.1. The Morgan fingerprint density at radius 2 is 1.74 bits per heavy atom. The highest BCUT2D eigenvalue weighted by Gasteiger charge is 2.06. The van der Waals surface area contributed by atoms with Gasteiger partial charge in [-0.2, -0.15) is 0 Å². The standard InChI is InChI=1S/C16H13Cl2N/c1-11-7-13-9-15(18)5-6-16(13)19(11)10-12-3-2-4-14(17)8-12/h2-9H,10H2,1H3. The van der Waals surface area contributed by atoms with Crippen molar-refractivity contribution in [3.63, 3.8) is 0 Å². The maximum absolute atomic E-state index is 6.04. The summed E-state index contributed by atoms with van der Waals surface area (Å²) in [5, 5.41) is 2.72. The minimum atomic E-state index is 0.771. The van der Waals surface area contributed by atoms with Gasteiger partial charge >= 0.3 is 0 Å². The van der Waals surface area contributed by atoms with Gasteiger partial charge in [-0.15, -0.1) is 0 Å². The molecule has 1 heterocycles. The lowest BCUT2D eigenvalue weighted by Gasteiger charge is -2.09. The number of aryl methyl sites for hydroxylation is 1. The second kappa shape index (κ2) is 4.92. The molecule has 19 heavy (non-hydrogen) atoms. The first kappa shape index (κ1) is 12.6. The molecule has 0 unspecified atom stereocenters. The third-order valence-electron chi connectivity index (χ3n) is 3.30. The first-order valence-electron chi connectivity index (χ1n) is 6.13. The Balaban J connectivity index is 2.07. The molecule has 0 atom stereocenters. The summed E-state index contributed by atoms with van der Waals surface area (Å²) in [7, 11) is 0. The fourth-order valence-electron chi connectivity index (χ4n) is 2.41. The van der Waals surface area contributed by atoms with Crippen molar-refractivity contribution < 1.29 is 0 Å². The number of fused-ring (bicyclic) bond motifs is 1. The molecule has 0 N–H and O–H groups in total. The molecule has 3 heteroatoms. The number of rotatable bonds is 2. The quantitative estimate of drug-likeness (QED) is 0.603. The van der Waals surface area contributed by atoms with Crippen LogP contribution in [-0.4, -0.2) is 4.57 Å². The van der Waals surface area contributed by atoms with Crippen LogP contribution in [0.5, 0.6) is 0 Å². The summed E-state index contributed by atoms with van der Waals surface area (Å²) in [5.41, 5.74) is 3.61. The van der Waals surface area contributed by atoms with Gasteiger partial charge in [0.25, 0.3) is 0 Å². The predicted molar refractivity (Wildman–Crippen MR) is 82.2 cm³/mol. The number of hydrogen-bond acceptors (Lipinski definition) is 0. The van der Waals surface area contributed by atoms with Crippen LogP contribution in [0.4, 0.5) is 0 Å². The van der Waals surface area contributed by atoms with E-state index >= 15 is 0 Å². The molecule has 0 aliphatic carbocycles. The fraction of sp³-hybridized carbons (Fsp3) is 0.125. The molecule has 0 spiro atoms. The zero-order valence-corrected chi connectivity index (χ0v) is 12.0. The maximum atomic E-state index is 6.04. The number of nitrogens with zero attached hydrogens (tertiary/aromatic N) is 1. The summed E-state index contributed by atoms with van der Waals surface area (Å²) >= 11 is 12.1. The molecule has 96 valence electrons. The third kappa shape index (κ3) is 2.49. The third-order valence-corrected chi connectivity index (χ3v) is 3.77. The van der Waals surface area contributed by atoms with E-state index in [-0.39, 0.29) is 0 Å². The van der Waals surface area contributed by atoms with E-state index in [2.05, 4.69) is 29.7 Å². The Labute approximate surface area is 122 Å². The van der Waals surface area contributed by atoms with Gasteiger partial charge in [0, 0.05) is 33.2 Å². The van der Waals surface area contributed by atoms with Gasteiger partial charge in [-0.05, 0) is 48.9 Å². The van der Waals surface area contributed by atoms with Gasteiger partial charge in [0.05, 0.1) is 0 Å². The topological polar surface area (TPSA) is 4.93 Å². The highest BCUT2D eigenvalue weighted by atomic mass is 35.5. The van der Waals surface area contributed by atoms with Gasteiger partial charge < -0.3 is 4.57 Å². The number of benzene rings is 2. The number of hydrogen-bond donors (Lipinski definition) is 0. The molecule has 0 bridgehead atoms. The highest BCUT2D eigenvalue weighted by Crippen LogP contribution is 2.24. The lowest BCUT2D eigenvalue weighted by atomic mass is 10.2. The molecule has 0 radical (unpaired) electrons. The van der Waals surface area contributed by atoms with Crippen LogP contribution in [0.25, 0.3) is 10.9 Å². The van der Waals surface area contributed by atoms with Gasteiger partial charge in [0.2, 0.25) is 0 Å². The maximum Gasteiger partial charge on any atom is 0.0486 e. The molecule has 0 aliphatic rings. The number of aromatic nitrogens is 1. The SMILES string of the molecule is Cc1cc2cc(Cl)ccc2n1Cc1cccc(Cl)c1. The van der Waals surface area contributed by atoms with Crippen LogP contribution >= 0.6 is 23.2 Å². The summed E-state index contributed by atoms with van der Waals surface area (Å²) < 4.78 is 2.28. The zero-order chi connectivity index (χ0) is 13.4. The monoisotopic (exact) mass is 289 g/mol. The van der Waals surface area contributed by atoms with E-state index in [1.165, 1.54) is 22.2 Å². The van der Waals surface area contributed by atoms with Crippen LogP contribution in [0.2, 0.25) is 10.0 Å². The lowest BCUT2D eigenvalue weighted by Crippen LogP contribution is -2.01.